The second-order valence-corrected chi connectivity index (χ2v) is 8.65. The third-order valence-electron chi connectivity index (χ3n) is 4.14. The highest BCUT2D eigenvalue weighted by Gasteiger charge is 2.66. The van der Waals surface area contributed by atoms with Crippen LogP contribution in [-0.4, -0.2) is 28.8 Å². The maximum absolute atomic E-state index is 12.1. The lowest BCUT2D eigenvalue weighted by molar-refractivity contribution is -0.139. The van der Waals surface area contributed by atoms with Gasteiger partial charge in [-0.25, -0.2) is 4.79 Å². The molecule has 1 fully saturated rings. The topological polar surface area (TPSA) is 75.6 Å². The van der Waals surface area contributed by atoms with E-state index in [4.69, 9.17) is 4.74 Å². The lowest BCUT2D eigenvalue weighted by Gasteiger charge is -2.33. The number of carboxylic acid groups (broad SMARTS) is 1. The maximum atomic E-state index is 12.1. The highest BCUT2D eigenvalue weighted by atomic mass is 16.6. The summed E-state index contributed by atoms with van der Waals surface area (Å²) in [6.07, 6.45) is -0.491. The third-order valence-corrected chi connectivity index (χ3v) is 4.14. The molecule has 0 aliphatic heterocycles. The number of nitrogens with one attached hydrogen (secondary N) is 1. The van der Waals surface area contributed by atoms with Crippen molar-refractivity contribution in [3.63, 3.8) is 0 Å². The zero-order valence-corrected chi connectivity index (χ0v) is 14.4. The number of alkyl carbamates (subject to hydrolysis) is 1. The molecule has 0 saturated heterocycles. The first-order chi connectivity index (χ1) is 9.18. The molecule has 1 aliphatic rings. The molecule has 3 unspecified atom stereocenters. The molecule has 1 amide bonds. The summed E-state index contributed by atoms with van der Waals surface area (Å²) in [5, 5.41) is 12.2. The van der Waals surface area contributed by atoms with Crippen molar-refractivity contribution in [1.29, 1.82) is 0 Å². The molecule has 0 spiro atoms. The average Bonchev–Trinajstić information content (AvgIpc) is 2.73. The van der Waals surface area contributed by atoms with Gasteiger partial charge in [0.05, 0.1) is 5.92 Å². The third kappa shape index (κ3) is 4.11. The Bertz CT molecular complexity index is 429. The van der Waals surface area contributed by atoms with Crippen LogP contribution in [0.25, 0.3) is 0 Å². The van der Waals surface area contributed by atoms with Crippen LogP contribution in [-0.2, 0) is 9.53 Å². The number of hydrogen-bond donors (Lipinski definition) is 2. The molecule has 1 saturated carbocycles. The molecule has 0 bridgehead atoms. The Balaban J connectivity index is 2.90. The number of carbonyl (C=O) groups excluding carboxylic acids is 1. The lowest BCUT2D eigenvalue weighted by Crippen LogP contribution is -2.48. The van der Waals surface area contributed by atoms with Crippen molar-refractivity contribution >= 4 is 12.1 Å². The molecule has 1 rings (SSSR count). The molecule has 21 heavy (non-hydrogen) atoms. The van der Waals surface area contributed by atoms with Gasteiger partial charge in [-0.2, -0.15) is 0 Å². The van der Waals surface area contributed by atoms with Crippen LogP contribution >= 0.6 is 0 Å². The Morgan fingerprint density at radius 3 is 1.90 bits per heavy atom. The van der Waals surface area contributed by atoms with Crippen LogP contribution in [0, 0.1) is 22.7 Å². The van der Waals surface area contributed by atoms with Gasteiger partial charge in [0, 0.05) is 6.04 Å². The van der Waals surface area contributed by atoms with E-state index in [1.165, 1.54) is 0 Å². The number of carboxylic acids is 1. The Morgan fingerprint density at radius 2 is 1.62 bits per heavy atom. The lowest BCUT2D eigenvalue weighted by atomic mass is 9.81. The van der Waals surface area contributed by atoms with Crippen LogP contribution < -0.4 is 5.32 Å². The summed E-state index contributed by atoms with van der Waals surface area (Å²) in [5.74, 6) is -1.33. The van der Waals surface area contributed by atoms with Gasteiger partial charge >= 0.3 is 12.1 Å². The summed E-state index contributed by atoms with van der Waals surface area (Å²) < 4.78 is 5.31. The van der Waals surface area contributed by atoms with E-state index in [1.54, 1.807) is 20.8 Å². The predicted molar refractivity (Wildman–Crippen MR) is 81.0 cm³/mol. The minimum Gasteiger partial charge on any atom is -0.481 e. The van der Waals surface area contributed by atoms with E-state index in [-0.39, 0.29) is 22.8 Å². The molecule has 3 atom stereocenters. The van der Waals surface area contributed by atoms with Gasteiger partial charge in [0.1, 0.15) is 5.60 Å². The molecule has 5 nitrogen and oxygen atoms in total. The summed E-state index contributed by atoms with van der Waals surface area (Å²) in [6.45, 7) is 15.3. The standard InChI is InChI=1S/C16H29NO4/c1-14(2,3)11(17-13(20)21-15(4,5)6)9-10(12(18)19)16(9,7)8/h9-11H,1-8H3,(H,17,20)(H,18,19). The van der Waals surface area contributed by atoms with Crippen molar-refractivity contribution in [2.75, 3.05) is 0 Å². The van der Waals surface area contributed by atoms with E-state index < -0.39 is 23.6 Å². The zero-order chi connectivity index (χ0) is 16.8. The number of aliphatic carboxylic acids is 1. The smallest absolute Gasteiger partial charge is 0.407 e. The van der Waals surface area contributed by atoms with Gasteiger partial charge in [-0.05, 0) is 37.5 Å². The fourth-order valence-corrected chi connectivity index (χ4v) is 3.05. The molecule has 0 aromatic rings. The number of carbonyl (C=O) groups is 2. The fourth-order valence-electron chi connectivity index (χ4n) is 3.05. The van der Waals surface area contributed by atoms with Crippen LogP contribution in [0.5, 0.6) is 0 Å². The van der Waals surface area contributed by atoms with E-state index in [9.17, 15) is 14.7 Å². The van der Waals surface area contributed by atoms with Crippen LogP contribution in [0.2, 0.25) is 0 Å². The molecule has 0 aromatic carbocycles. The summed E-state index contributed by atoms with van der Waals surface area (Å²) in [4.78, 5) is 23.4. The maximum Gasteiger partial charge on any atom is 0.407 e. The molecule has 5 heteroatoms. The van der Waals surface area contributed by atoms with Gasteiger partial charge < -0.3 is 15.2 Å². The number of amides is 1. The average molecular weight is 299 g/mol. The highest BCUT2D eigenvalue weighted by Crippen LogP contribution is 2.62. The Hall–Kier alpha value is -1.26. The van der Waals surface area contributed by atoms with Crippen molar-refractivity contribution in [3.05, 3.63) is 0 Å². The molecule has 2 N–H and O–H groups in total. The summed E-state index contributed by atoms with van der Waals surface area (Å²) in [6, 6.07) is -0.247. The first-order valence-electron chi connectivity index (χ1n) is 7.40. The first kappa shape index (κ1) is 17.8. The van der Waals surface area contributed by atoms with E-state index >= 15 is 0 Å². The van der Waals surface area contributed by atoms with E-state index in [2.05, 4.69) is 5.32 Å². The molecule has 0 aromatic heterocycles. The zero-order valence-electron chi connectivity index (χ0n) is 14.4. The number of rotatable bonds is 3. The fraction of sp³-hybridized carbons (Fsp3) is 0.875. The molecule has 0 radical (unpaired) electrons. The van der Waals surface area contributed by atoms with Crippen molar-refractivity contribution in [2.24, 2.45) is 22.7 Å². The monoisotopic (exact) mass is 299 g/mol. The van der Waals surface area contributed by atoms with Gasteiger partial charge in [-0.3, -0.25) is 4.79 Å². The van der Waals surface area contributed by atoms with Gasteiger partial charge in [0.15, 0.2) is 0 Å². The van der Waals surface area contributed by atoms with Crippen molar-refractivity contribution in [2.45, 2.75) is 67.0 Å². The van der Waals surface area contributed by atoms with Crippen LogP contribution in [0.4, 0.5) is 4.79 Å². The molecular weight excluding hydrogens is 270 g/mol. The summed E-state index contributed by atoms with van der Waals surface area (Å²) >= 11 is 0. The van der Waals surface area contributed by atoms with E-state index in [0.717, 1.165) is 0 Å². The van der Waals surface area contributed by atoms with Crippen LogP contribution in [0.1, 0.15) is 55.4 Å². The first-order valence-corrected chi connectivity index (χ1v) is 7.40. The minimum atomic E-state index is -0.801. The second kappa shape index (κ2) is 5.18. The molecular formula is C16H29NO4. The Labute approximate surface area is 127 Å². The number of hydrogen-bond acceptors (Lipinski definition) is 3. The molecule has 122 valence electrons. The SMILES string of the molecule is CC(C)(C)OC(=O)NC(C1C(C(=O)O)C1(C)C)C(C)(C)C. The van der Waals surface area contributed by atoms with Gasteiger partial charge in [0.25, 0.3) is 0 Å². The van der Waals surface area contributed by atoms with E-state index in [0.29, 0.717) is 0 Å². The van der Waals surface area contributed by atoms with Crippen LogP contribution in [0.3, 0.4) is 0 Å². The quantitative estimate of drug-likeness (QED) is 0.838. The summed E-state index contributed by atoms with van der Waals surface area (Å²) in [7, 11) is 0. The van der Waals surface area contributed by atoms with Gasteiger partial charge in [-0.1, -0.05) is 34.6 Å². The predicted octanol–water partition coefficient (Wildman–Crippen LogP) is 3.28. The summed E-state index contributed by atoms with van der Waals surface area (Å²) in [5.41, 5.74) is -1.14. The largest absolute Gasteiger partial charge is 0.481 e. The second-order valence-electron chi connectivity index (χ2n) is 8.65. The van der Waals surface area contributed by atoms with Crippen molar-refractivity contribution in [3.8, 4) is 0 Å². The minimum absolute atomic E-state index is 0.0949. The van der Waals surface area contributed by atoms with Crippen molar-refractivity contribution in [1.82, 2.24) is 5.32 Å². The Kier molecular flexibility index (Phi) is 4.39. The molecule has 1 aliphatic carbocycles. The van der Waals surface area contributed by atoms with Crippen molar-refractivity contribution < 1.29 is 19.4 Å². The van der Waals surface area contributed by atoms with E-state index in [1.807, 2.05) is 34.6 Å². The highest BCUT2D eigenvalue weighted by molar-refractivity contribution is 5.76. The molecule has 0 heterocycles. The van der Waals surface area contributed by atoms with Gasteiger partial charge in [0.2, 0.25) is 0 Å². The number of ether oxygens (including phenoxy) is 1. The van der Waals surface area contributed by atoms with Gasteiger partial charge in [-0.15, -0.1) is 0 Å². The normalized spacial score (nSPS) is 25.9. The van der Waals surface area contributed by atoms with Crippen LogP contribution in [0.15, 0.2) is 0 Å². The Morgan fingerprint density at radius 1 is 1.14 bits per heavy atom.